The third-order valence-corrected chi connectivity index (χ3v) is 3.40. The Hall–Kier alpha value is -1.40. The van der Waals surface area contributed by atoms with Crippen LogP contribution in [-0.2, 0) is 0 Å². The SMILES string of the molecule is Cl.O=[N+]([O-])c1ccc(OCCCC2CCNCC2)nc1. The highest BCUT2D eigenvalue weighted by Gasteiger charge is 2.12. The second-order valence-corrected chi connectivity index (χ2v) is 4.80. The van der Waals surface area contributed by atoms with Gasteiger partial charge in [-0.1, -0.05) is 0 Å². The van der Waals surface area contributed by atoms with E-state index >= 15 is 0 Å². The van der Waals surface area contributed by atoms with Crippen molar-refractivity contribution >= 4 is 18.1 Å². The molecule has 0 bridgehead atoms. The number of halogens is 1. The first kappa shape index (κ1) is 16.7. The molecule has 1 aliphatic heterocycles. The van der Waals surface area contributed by atoms with Crippen LogP contribution in [0.15, 0.2) is 18.3 Å². The van der Waals surface area contributed by atoms with Crippen LogP contribution in [0.4, 0.5) is 5.69 Å². The third-order valence-electron chi connectivity index (χ3n) is 3.40. The van der Waals surface area contributed by atoms with E-state index < -0.39 is 4.92 Å². The van der Waals surface area contributed by atoms with E-state index in [0.29, 0.717) is 12.5 Å². The van der Waals surface area contributed by atoms with Crippen molar-refractivity contribution in [2.75, 3.05) is 19.7 Å². The van der Waals surface area contributed by atoms with Crippen molar-refractivity contribution < 1.29 is 9.66 Å². The largest absolute Gasteiger partial charge is 0.478 e. The molecule has 20 heavy (non-hydrogen) atoms. The average molecular weight is 302 g/mol. The summed E-state index contributed by atoms with van der Waals surface area (Å²) in [6.07, 6.45) is 5.89. The molecule has 1 N–H and O–H groups in total. The molecule has 1 saturated heterocycles. The quantitative estimate of drug-likeness (QED) is 0.496. The van der Waals surface area contributed by atoms with Gasteiger partial charge in [0.05, 0.1) is 11.5 Å². The fraction of sp³-hybridized carbons (Fsp3) is 0.615. The number of pyridine rings is 1. The summed E-state index contributed by atoms with van der Waals surface area (Å²) in [6, 6.07) is 2.96. The van der Waals surface area contributed by atoms with Crippen molar-refractivity contribution in [2.24, 2.45) is 5.92 Å². The second kappa shape index (κ2) is 8.71. The highest BCUT2D eigenvalue weighted by molar-refractivity contribution is 5.85. The van der Waals surface area contributed by atoms with Gasteiger partial charge in [-0.2, -0.15) is 0 Å². The van der Waals surface area contributed by atoms with E-state index in [0.717, 1.165) is 25.4 Å². The summed E-state index contributed by atoms with van der Waals surface area (Å²) >= 11 is 0. The van der Waals surface area contributed by atoms with Gasteiger partial charge in [0.1, 0.15) is 6.20 Å². The molecule has 1 aromatic rings. The lowest BCUT2D eigenvalue weighted by Crippen LogP contribution is -2.27. The summed E-state index contributed by atoms with van der Waals surface area (Å²) in [5, 5.41) is 13.8. The Morgan fingerprint density at radius 1 is 1.40 bits per heavy atom. The smallest absolute Gasteiger partial charge is 0.287 e. The van der Waals surface area contributed by atoms with Crippen molar-refractivity contribution in [1.82, 2.24) is 10.3 Å². The Bertz CT molecular complexity index is 408. The first-order valence-corrected chi connectivity index (χ1v) is 6.69. The van der Waals surface area contributed by atoms with Crippen LogP contribution >= 0.6 is 12.4 Å². The molecule has 1 aromatic heterocycles. The molecule has 6 nitrogen and oxygen atoms in total. The molecular formula is C13H20ClN3O3. The van der Waals surface area contributed by atoms with Gasteiger partial charge in [-0.3, -0.25) is 10.1 Å². The molecule has 0 aliphatic carbocycles. The summed E-state index contributed by atoms with van der Waals surface area (Å²) in [5.41, 5.74) is -0.0120. The Balaban J connectivity index is 0.00000200. The maximum atomic E-state index is 10.5. The summed E-state index contributed by atoms with van der Waals surface area (Å²) < 4.78 is 5.48. The maximum absolute atomic E-state index is 10.5. The molecule has 0 aromatic carbocycles. The van der Waals surface area contributed by atoms with Crippen molar-refractivity contribution in [1.29, 1.82) is 0 Å². The van der Waals surface area contributed by atoms with E-state index in [1.807, 2.05) is 0 Å². The van der Waals surface area contributed by atoms with Crippen LogP contribution < -0.4 is 10.1 Å². The number of nitrogens with zero attached hydrogens (tertiary/aromatic N) is 2. The lowest BCUT2D eigenvalue weighted by atomic mass is 9.93. The molecule has 2 rings (SSSR count). The standard InChI is InChI=1S/C13H19N3O3.ClH/c17-16(18)12-3-4-13(15-10-12)19-9-1-2-11-5-7-14-8-6-11;/h3-4,10-11,14H,1-2,5-9H2;1H. The van der Waals surface area contributed by atoms with Crippen molar-refractivity contribution in [3.8, 4) is 5.88 Å². The number of rotatable bonds is 6. The zero-order chi connectivity index (χ0) is 13.5. The second-order valence-electron chi connectivity index (χ2n) is 4.80. The van der Waals surface area contributed by atoms with Crippen LogP contribution in [0.5, 0.6) is 5.88 Å². The van der Waals surface area contributed by atoms with Gasteiger partial charge in [0, 0.05) is 12.1 Å². The summed E-state index contributed by atoms with van der Waals surface area (Å²) in [4.78, 5) is 13.9. The first-order valence-electron chi connectivity index (χ1n) is 6.69. The number of piperidine rings is 1. The number of hydrogen-bond donors (Lipinski definition) is 1. The van der Waals surface area contributed by atoms with E-state index in [1.165, 1.54) is 31.5 Å². The van der Waals surface area contributed by atoms with E-state index in [9.17, 15) is 10.1 Å². The van der Waals surface area contributed by atoms with Gasteiger partial charge >= 0.3 is 0 Å². The molecule has 0 unspecified atom stereocenters. The number of nitro groups is 1. The minimum absolute atomic E-state index is 0. The van der Waals surface area contributed by atoms with E-state index in [1.54, 1.807) is 6.07 Å². The summed E-state index contributed by atoms with van der Waals surface area (Å²) in [7, 11) is 0. The topological polar surface area (TPSA) is 77.3 Å². The predicted octanol–water partition coefficient (Wildman–Crippen LogP) is 2.57. The fourth-order valence-corrected chi connectivity index (χ4v) is 2.29. The Labute approximate surface area is 124 Å². The van der Waals surface area contributed by atoms with Gasteiger partial charge in [-0.05, 0) is 44.7 Å². The molecular weight excluding hydrogens is 282 g/mol. The molecule has 0 amide bonds. The highest BCUT2D eigenvalue weighted by Crippen LogP contribution is 2.18. The first-order chi connectivity index (χ1) is 9.25. The molecule has 1 aliphatic rings. The van der Waals surface area contributed by atoms with Crippen LogP contribution in [-0.4, -0.2) is 29.6 Å². The van der Waals surface area contributed by atoms with Crippen molar-refractivity contribution in [3.63, 3.8) is 0 Å². The molecule has 0 spiro atoms. The predicted molar refractivity (Wildman–Crippen MR) is 78.5 cm³/mol. The molecule has 2 heterocycles. The average Bonchev–Trinajstić information content (AvgIpc) is 2.45. The van der Waals surface area contributed by atoms with Crippen LogP contribution in [0, 0.1) is 16.0 Å². The van der Waals surface area contributed by atoms with Gasteiger partial charge in [-0.15, -0.1) is 12.4 Å². The summed E-state index contributed by atoms with van der Waals surface area (Å²) in [5.74, 6) is 1.26. The molecule has 0 atom stereocenters. The van der Waals surface area contributed by atoms with Gasteiger partial charge in [-0.25, -0.2) is 4.98 Å². The minimum Gasteiger partial charge on any atom is -0.478 e. The molecule has 1 fully saturated rings. The number of ether oxygens (including phenoxy) is 1. The monoisotopic (exact) mass is 301 g/mol. The van der Waals surface area contributed by atoms with Crippen LogP contribution in [0.25, 0.3) is 0 Å². The fourth-order valence-electron chi connectivity index (χ4n) is 2.29. The van der Waals surface area contributed by atoms with Crippen molar-refractivity contribution in [3.05, 3.63) is 28.4 Å². The summed E-state index contributed by atoms with van der Waals surface area (Å²) in [6.45, 7) is 2.86. The van der Waals surface area contributed by atoms with Gasteiger partial charge in [0.2, 0.25) is 5.88 Å². The zero-order valence-electron chi connectivity index (χ0n) is 11.3. The number of aromatic nitrogens is 1. The van der Waals surface area contributed by atoms with Gasteiger partial charge in [0.25, 0.3) is 5.69 Å². The highest BCUT2D eigenvalue weighted by atomic mass is 35.5. The Morgan fingerprint density at radius 3 is 2.75 bits per heavy atom. The Kier molecular flexibility index (Phi) is 7.25. The number of hydrogen-bond acceptors (Lipinski definition) is 5. The maximum Gasteiger partial charge on any atom is 0.287 e. The number of nitrogens with one attached hydrogen (secondary N) is 1. The molecule has 7 heteroatoms. The molecule has 112 valence electrons. The lowest BCUT2D eigenvalue weighted by Gasteiger charge is -2.22. The normalized spacial score (nSPS) is 15.4. The van der Waals surface area contributed by atoms with Crippen LogP contribution in [0.2, 0.25) is 0 Å². The van der Waals surface area contributed by atoms with E-state index in [4.69, 9.17) is 4.74 Å². The zero-order valence-corrected chi connectivity index (χ0v) is 12.1. The lowest BCUT2D eigenvalue weighted by molar-refractivity contribution is -0.385. The van der Waals surface area contributed by atoms with E-state index in [2.05, 4.69) is 10.3 Å². The van der Waals surface area contributed by atoms with E-state index in [-0.39, 0.29) is 18.1 Å². The molecule has 0 saturated carbocycles. The van der Waals surface area contributed by atoms with Gasteiger partial charge < -0.3 is 10.1 Å². The third kappa shape index (κ3) is 5.30. The molecule has 0 radical (unpaired) electrons. The van der Waals surface area contributed by atoms with Crippen LogP contribution in [0.3, 0.4) is 0 Å². The van der Waals surface area contributed by atoms with Crippen LogP contribution in [0.1, 0.15) is 25.7 Å². The Morgan fingerprint density at radius 2 is 2.15 bits per heavy atom. The van der Waals surface area contributed by atoms with Crippen molar-refractivity contribution in [2.45, 2.75) is 25.7 Å². The van der Waals surface area contributed by atoms with Gasteiger partial charge in [0.15, 0.2) is 0 Å². The minimum atomic E-state index is -0.464.